The number of hydrogen-bond donors (Lipinski definition) is 4. The number of rotatable bonds is 2. The Kier molecular flexibility index (Phi) is 3.04. The molecule has 0 heterocycles. The zero-order valence-electron chi connectivity index (χ0n) is 4.36. The fourth-order valence-electron chi connectivity index (χ4n) is 0.181. The highest BCUT2D eigenvalue weighted by molar-refractivity contribution is 5.73. The molecule has 0 aliphatic rings. The molecular weight excluding hydrogens is 92.1 g/mol. The Morgan fingerprint density at radius 2 is 2.43 bits per heavy atom. The topological polar surface area (TPSA) is 78.0 Å². The van der Waals surface area contributed by atoms with E-state index in [1.54, 1.807) is 0 Å². The predicted molar refractivity (Wildman–Crippen MR) is 27.8 cm³/mol. The van der Waals surface area contributed by atoms with Gasteiger partial charge in [0.25, 0.3) is 5.84 Å². The first-order valence-electron chi connectivity index (χ1n) is 2.14. The van der Waals surface area contributed by atoms with Crippen LogP contribution in [0.5, 0.6) is 0 Å². The van der Waals surface area contributed by atoms with Gasteiger partial charge in [0.2, 0.25) is 0 Å². The van der Waals surface area contributed by atoms with Gasteiger partial charge in [-0.15, -0.1) is 0 Å². The van der Waals surface area contributed by atoms with E-state index >= 15 is 0 Å². The van der Waals surface area contributed by atoms with E-state index in [0.717, 1.165) is 6.42 Å². The van der Waals surface area contributed by atoms with Crippen LogP contribution in [0.15, 0.2) is 0 Å². The highest BCUT2D eigenvalue weighted by atomic mass is 15.5. The van der Waals surface area contributed by atoms with E-state index in [4.69, 9.17) is 11.6 Å². The summed E-state index contributed by atoms with van der Waals surface area (Å²) in [4.78, 5) is 0. The number of hydrazone groups is 1. The van der Waals surface area contributed by atoms with E-state index in [0.29, 0.717) is 5.84 Å². The predicted octanol–water partition coefficient (Wildman–Crippen LogP) is -2.79. The third-order valence-corrected chi connectivity index (χ3v) is 0.614. The maximum atomic E-state index is 5.25. The molecule has 0 aromatic rings. The number of nitrogens with one attached hydrogen (secondary N) is 2. The zero-order chi connectivity index (χ0) is 5.70. The minimum absolute atomic E-state index is 0.641. The molecule has 0 atom stereocenters. The summed E-state index contributed by atoms with van der Waals surface area (Å²) in [5.41, 5.74) is 7.45. The van der Waals surface area contributed by atoms with E-state index in [1.807, 2.05) is 6.92 Å². The van der Waals surface area contributed by atoms with Crippen LogP contribution < -0.4 is 22.2 Å². The van der Waals surface area contributed by atoms with Gasteiger partial charge in [-0.25, -0.2) is 5.84 Å². The standard InChI is InChI=1S/C3H10N4/c1-2-3(4)6-7-5/h7H,2,5H2,1H3,(H2,4,6)/p+1. The third kappa shape index (κ3) is 3.05. The number of nitrogens with two attached hydrogens (primary N) is 2. The summed E-state index contributed by atoms with van der Waals surface area (Å²) in [6.07, 6.45) is 0.782. The van der Waals surface area contributed by atoms with Crippen molar-refractivity contribution in [2.24, 2.45) is 11.6 Å². The molecule has 0 aromatic carbocycles. The van der Waals surface area contributed by atoms with Crippen molar-refractivity contribution in [2.75, 3.05) is 0 Å². The first-order chi connectivity index (χ1) is 3.31. The number of hydrogen-bond acceptors (Lipinski definition) is 2. The molecule has 0 aliphatic carbocycles. The van der Waals surface area contributed by atoms with E-state index in [-0.39, 0.29) is 0 Å². The number of hydrazine groups is 2. The summed E-state index contributed by atoms with van der Waals surface area (Å²) < 4.78 is 0. The van der Waals surface area contributed by atoms with Crippen molar-refractivity contribution in [1.29, 1.82) is 0 Å². The quantitative estimate of drug-likeness (QED) is 0.132. The van der Waals surface area contributed by atoms with Gasteiger partial charge in [0, 0.05) is 6.42 Å². The molecule has 0 aromatic heterocycles. The highest BCUT2D eigenvalue weighted by Gasteiger charge is 1.86. The Labute approximate surface area is 42.5 Å². The van der Waals surface area contributed by atoms with Gasteiger partial charge in [-0.05, 0) is 0 Å². The number of amidine groups is 1. The van der Waals surface area contributed by atoms with Crippen LogP contribution >= 0.6 is 0 Å². The fourth-order valence-corrected chi connectivity index (χ4v) is 0.181. The second-order valence-corrected chi connectivity index (χ2v) is 1.15. The average Bonchev–Trinajstić information content (AvgIpc) is 1.68. The largest absolute Gasteiger partial charge is 0.289 e. The van der Waals surface area contributed by atoms with Gasteiger partial charge in [-0.2, -0.15) is 10.6 Å². The fraction of sp³-hybridized carbons (Fsp3) is 0.667. The Morgan fingerprint density at radius 3 is 2.57 bits per heavy atom. The van der Waals surface area contributed by atoms with Gasteiger partial charge in [0.05, 0.1) is 0 Å². The normalized spacial score (nSPS) is 11.4. The van der Waals surface area contributed by atoms with Gasteiger partial charge in [0.15, 0.2) is 0 Å². The van der Waals surface area contributed by atoms with Crippen LogP contribution in [0.25, 0.3) is 0 Å². The summed E-state index contributed by atoms with van der Waals surface area (Å²) in [5, 5.41) is 2.52. The Hall–Kier alpha value is -0.770. The second-order valence-electron chi connectivity index (χ2n) is 1.15. The zero-order valence-corrected chi connectivity index (χ0v) is 4.36. The summed E-state index contributed by atoms with van der Waals surface area (Å²) >= 11 is 0. The molecule has 0 bridgehead atoms. The van der Waals surface area contributed by atoms with Gasteiger partial charge in [0.1, 0.15) is 0 Å². The molecule has 0 amide bonds. The minimum Gasteiger partial charge on any atom is -0.289 e. The van der Waals surface area contributed by atoms with E-state index in [2.05, 4.69) is 10.6 Å². The lowest BCUT2D eigenvalue weighted by Gasteiger charge is -1.84. The van der Waals surface area contributed by atoms with E-state index in [9.17, 15) is 0 Å². The van der Waals surface area contributed by atoms with Crippen molar-refractivity contribution in [3.05, 3.63) is 0 Å². The van der Waals surface area contributed by atoms with Crippen molar-refractivity contribution in [3.63, 3.8) is 0 Å². The molecule has 4 nitrogen and oxygen atoms in total. The van der Waals surface area contributed by atoms with Gasteiger partial charge in [-0.1, -0.05) is 6.92 Å². The SMILES string of the molecule is CCC(N)=[NH+]NN. The smallest absolute Gasteiger partial charge is 0.264 e. The molecule has 0 radical (unpaired) electrons. The van der Waals surface area contributed by atoms with Crippen molar-refractivity contribution < 1.29 is 5.10 Å². The minimum atomic E-state index is 0.641. The summed E-state index contributed by atoms with van der Waals surface area (Å²) in [7, 11) is 0. The van der Waals surface area contributed by atoms with Crippen LogP contribution in [0.2, 0.25) is 0 Å². The monoisotopic (exact) mass is 103 g/mol. The van der Waals surface area contributed by atoms with Gasteiger partial charge >= 0.3 is 0 Å². The molecule has 6 N–H and O–H groups in total. The molecule has 4 heteroatoms. The lowest BCUT2D eigenvalue weighted by Crippen LogP contribution is -2.87. The van der Waals surface area contributed by atoms with E-state index in [1.165, 1.54) is 0 Å². The lowest BCUT2D eigenvalue weighted by atomic mass is 10.5. The summed E-state index contributed by atoms with van der Waals surface area (Å²) in [6.45, 7) is 1.93. The van der Waals surface area contributed by atoms with Crippen LogP contribution in [0.3, 0.4) is 0 Å². The molecule has 42 valence electrons. The molecule has 0 saturated carbocycles. The molecule has 7 heavy (non-hydrogen) atoms. The molecule has 0 spiro atoms. The molecular formula is C3H11N4+. The second kappa shape index (κ2) is 3.42. The Morgan fingerprint density at radius 1 is 1.86 bits per heavy atom. The molecule has 0 fully saturated rings. The van der Waals surface area contributed by atoms with Crippen LogP contribution in [-0.4, -0.2) is 5.84 Å². The highest BCUT2D eigenvalue weighted by Crippen LogP contribution is 1.59. The first-order valence-corrected chi connectivity index (χ1v) is 2.14. The molecule has 0 aliphatic heterocycles. The van der Waals surface area contributed by atoms with Crippen molar-refractivity contribution in [1.82, 2.24) is 5.53 Å². The summed E-state index contributed by atoms with van der Waals surface area (Å²) in [5.74, 6) is 5.48. The summed E-state index contributed by atoms with van der Waals surface area (Å²) in [6, 6.07) is 0. The van der Waals surface area contributed by atoms with Crippen LogP contribution in [0, 0.1) is 0 Å². The van der Waals surface area contributed by atoms with Crippen LogP contribution in [0.1, 0.15) is 13.3 Å². The Balaban J connectivity index is 3.29. The maximum Gasteiger partial charge on any atom is 0.264 e. The van der Waals surface area contributed by atoms with Crippen LogP contribution in [0.4, 0.5) is 0 Å². The molecule has 0 rings (SSSR count). The maximum absolute atomic E-state index is 5.25. The Bertz CT molecular complexity index is 67.3. The third-order valence-electron chi connectivity index (χ3n) is 0.614. The average molecular weight is 103 g/mol. The first kappa shape index (κ1) is 6.23. The van der Waals surface area contributed by atoms with Crippen LogP contribution in [-0.2, 0) is 0 Å². The van der Waals surface area contributed by atoms with Crippen molar-refractivity contribution in [3.8, 4) is 0 Å². The van der Waals surface area contributed by atoms with Crippen molar-refractivity contribution >= 4 is 5.84 Å². The molecule has 0 saturated heterocycles. The van der Waals surface area contributed by atoms with Gasteiger partial charge in [-0.3, -0.25) is 5.73 Å². The lowest BCUT2D eigenvalue weighted by molar-refractivity contribution is -0.530. The molecule has 0 unspecified atom stereocenters. The van der Waals surface area contributed by atoms with E-state index < -0.39 is 0 Å². The van der Waals surface area contributed by atoms with Crippen molar-refractivity contribution in [2.45, 2.75) is 13.3 Å². The van der Waals surface area contributed by atoms with Gasteiger partial charge < -0.3 is 0 Å².